The van der Waals surface area contributed by atoms with Gasteiger partial charge in [-0.05, 0) is 54.1 Å². The molecule has 0 unspecified atom stereocenters. The van der Waals surface area contributed by atoms with Gasteiger partial charge in [-0.25, -0.2) is 12.8 Å². The Bertz CT molecular complexity index is 1010. The van der Waals surface area contributed by atoms with E-state index in [0.29, 0.717) is 17.8 Å². The van der Waals surface area contributed by atoms with Crippen LogP contribution in [0.2, 0.25) is 0 Å². The van der Waals surface area contributed by atoms with Gasteiger partial charge in [-0.1, -0.05) is 12.1 Å². The Morgan fingerprint density at radius 2 is 1.66 bits per heavy atom. The van der Waals surface area contributed by atoms with Gasteiger partial charge in [-0.15, -0.1) is 0 Å². The summed E-state index contributed by atoms with van der Waals surface area (Å²) in [6.07, 6.45) is 1.75. The summed E-state index contributed by atoms with van der Waals surface area (Å²) < 4.78 is 38.3. The number of carbonyl (C=O) groups is 2. The van der Waals surface area contributed by atoms with E-state index in [0.717, 1.165) is 34.1 Å². The molecule has 2 rings (SSSR count). The first-order chi connectivity index (χ1) is 15.1. The van der Waals surface area contributed by atoms with Crippen molar-refractivity contribution in [1.82, 2.24) is 10.2 Å². The third-order valence-corrected chi connectivity index (χ3v) is 6.72. The fourth-order valence-electron chi connectivity index (χ4n) is 2.79. The minimum absolute atomic E-state index is 0.197. The second kappa shape index (κ2) is 11.9. The van der Waals surface area contributed by atoms with Crippen molar-refractivity contribution in [2.45, 2.75) is 12.2 Å². The van der Waals surface area contributed by atoms with Gasteiger partial charge in [0.2, 0.25) is 15.9 Å². The van der Waals surface area contributed by atoms with E-state index in [1.807, 2.05) is 0 Å². The zero-order valence-corrected chi connectivity index (χ0v) is 20.0. The van der Waals surface area contributed by atoms with Crippen LogP contribution in [0.3, 0.4) is 0 Å². The lowest BCUT2D eigenvalue weighted by atomic mass is 10.2. The largest absolute Gasteiger partial charge is 0.354 e. The Balaban J connectivity index is 1.82. The molecule has 174 valence electrons. The zero-order valence-electron chi connectivity index (χ0n) is 18.4. The number of sulfonamides is 1. The number of hydrogen-bond acceptors (Lipinski definition) is 5. The molecular formula is C22H28FN3O4S2. The highest BCUT2D eigenvalue weighted by molar-refractivity contribution is 7.98. The fourth-order valence-corrected chi connectivity index (χ4v) is 4.56. The summed E-state index contributed by atoms with van der Waals surface area (Å²) in [6.45, 7) is 0.0751. The molecule has 1 N–H and O–H groups in total. The van der Waals surface area contributed by atoms with E-state index in [-0.39, 0.29) is 18.3 Å². The summed E-state index contributed by atoms with van der Waals surface area (Å²) in [7, 11) is -0.430. The van der Waals surface area contributed by atoms with Crippen LogP contribution < -0.4 is 9.62 Å². The smallest absolute Gasteiger partial charge is 0.253 e. The van der Waals surface area contributed by atoms with Gasteiger partial charge < -0.3 is 10.2 Å². The first kappa shape index (κ1) is 25.7. The molecule has 2 amide bonds. The topological polar surface area (TPSA) is 86.8 Å². The number of halogens is 1. The number of benzene rings is 2. The second-order valence-corrected chi connectivity index (χ2v) is 10.4. The van der Waals surface area contributed by atoms with Crippen molar-refractivity contribution in [2.75, 3.05) is 43.5 Å². The number of nitrogens with zero attached hydrogens (tertiary/aromatic N) is 2. The van der Waals surface area contributed by atoms with Crippen molar-refractivity contribution < 1.29 is 22.4 Å². The van der Waals surface area contributed by atoms with Gasteiger partial charge in [0.1, 0.15) is 12.4 Å². The molecular weight excluding hydrogens is 453 g/mol. The van der Waals surface area contributed by atoms with Crippen LogP contribution in [0, 0.1) is 5.82 Å². The van der Waals surface area contributed by atoms with Gasteiger partial charge >= 0.3 is 0 Å². The predicted octanol–water partition coefficient (Wildman–Crippen LogP) is 2.73. The Morgan fingerprint density at radius 3 is 2.22 bits per heavy atom. The minimum Gasteiger partial charge on any atom is -0.354 e. The molecule has 2 aromatic rings. The lowest BCUT2D eigenvalue weighted by Crippen LogP contribution is -2.40. The maximum Gasteiger partial charge on any atom is 0.253 e. The van der Waals surface area contributed by atoms with Crippen molar-refractivity contribution in [3.05, 3.63) is 65.5 Å². The molecule has 32 heavy (non-hydrogen) atoms. The van der Waals surface area contributed by atoms with Crippen LogP contribution in [0.1, 0.15) is 22.3 Å². The molecule has 0 spiro atoms. The van der Waals surface area contributed by atoms with E-state index in [1.165, 1.54) is 41.3 Å². The predicted molar refractivity (Wildman–Crippen MR) is 127 cm³/mol. The maximum absolute atomic E-state index is 12.9. The van der Waals surface area contributed by atoms with Crippen molar-refractivity contribution in [3.63, 3.8) is 0 Å². The normalized spacial score (nSPS) is 11.1. The van der Waals surface area contributed by atoms with Crippen LogP contribution in [0.15, 0.2) is 48.5 Å². The average molecular weight is 482 g/mol. The first-order valence-corrected chi connectivity index (χ1v) is 13.0. The molecule has 7 nitrogen and oxygen atoms in total. The molecule has 0 saturated carbocycles. The van der Waals surface area contributed by atoms with Crippen molar-refractivity contribution in [3.8, 4) is 0 Å². The zero-order chi connectivity index (χ0) is 23.7. The van der Waals surface area contributed by atoms with Crippen molar-refractivity contribution >= 4 is 39.3 Å². The van der Waals surface area contributed by atoms with Crippen LogP contribution in [0.5, 0.6) is 0 Å². The van der Waals surface area contributed by atoms with E-state index in [1.54, 1.807) is 38.0 Å². The molecule has 0 atom stereocenters. The van der Waals surface area contributed by atoms with Crippen molar-refractivity contribution in [1.29, 1.82) is 0 Å². The monoisotopic (exact) mass is 481 g/mol. The summed E-state index contributed by atoms with van der Waals surface area (Å²) in [5.41, 5.74) is 1.77. The highest BCUT2D eigenvalue weighted by atomic mass is 32.2. The highest BCUT2D eigenvalue weighted by Gasteiger charge is 2.21. The van der Waals surface area contributed by atoms with E-state index in [2.05, 4.69) is 5.32 Å². The Labute approximate surface area is 193 Å². The third-order valence-electron chi connectivity index (χ3n) is 4.47. The van der Waals surface area contributed by atoms with Gasteiger partial charge in [0.15, 0.2) is 0 Å². The first-order valence-electron chi connectivity index (χ1n) is 9.96. The van der Waals surface area contributed by atoms with Crippen LogP contribution >= 0.6 is 11.8 Å². The summed E-state index contributed by atoms with van der Waals surface area (Å²) >= 11 is 1.67. The summed E-state index contributed by atoms with van der Waals surface area (Å²) in [4.78, 5) is 25.7. The fraction of sp³-hybridized carbons (Fsp3) is 0.364. The van der Waals surface area contributed by atoms with Gasteiger partial charge in [0, 0.05) is 32.0 Å². The highest BCUT2D eigenvalue weighted by Crippen LogP contribution is 2.19. The second-order valence-electron chi connectivity index (χ2n) is 7.40. The number of thioether (sulfide) groups is 1. The van der Waals surface area contributed by atoms with Crippen LogP contribution in [-0.2, 0) is 20.6 Å². The van der Waals surface area contributed by atoms with Crippen LogP contribution in [-0.4, -0.2) is 64.3 Å². The van der Waals surface area contributed by atoms with E-state index < -0.39 is 15.9 Å². The van der Waals surface area contributed by atoms with Crippen LogP contribution in [0.25, 0.3) is 0 Å². The average Bonchev–Trinajstić information content (AvgIpc) is 2.74. The Hall–Kier alpha value is -2.59. The number of anilines is 1. The molecule has 10 heteroatoms. The standard InChI is InChI=1S/C22H28FN3O4S2/c1-25(2)22(28)18-7-11-20(12-8-18)26(32(3,29)30)15-21(27)24-13-4-14-31-16-17-5-9-19(23)10-6-17/h5-12H,4,13-16H2,1-3H3,(H,24,27). The van der Waals surface area contributed by atoms with Gasteiger partial charge in [0.05, 0.1) is 11.9 Å². The molecule has 0 bridgehead atoms. The molecule has 0 aliphatic heterocycles. The summed E-state index contributed by atoms with van der Waals surface area (Å²) in [6, 6.07) is 12.4. The SMILES string of the molecule is CN(C)C(=O)c1ccc(N(CC(=O)NCCCSCc2ccc(F)cc2)S(C)(=O)=O)cc1. The Morgan fingerprint density at radius 1 is 1.03 bits per heavy atom. The lowest BCUT2D eigenvalue weighted by molar-refractivity contribution is -0.119. The Kier molecular flexibility index (Phi) is 9.52. The number of hydrogen-bond donors (Lipinski definition) is 1. The third kappa shape index (κ3) is 8.16. The lowest BCUT2D eigenvalue weighted by Gasteiger charge is -2.22. The van der Waals surface area contributed by atoms with Gasteiger partial charge in [-0.3, -0.25) is 13.9 Å². The van der Waals surface area contributed by atoms with E-state index >= 15 is 0 Å². The maximum atomic E-state index is 12.9. The van der Waals surface area contributed by atoms with E-state index in [4.69, 9.17) is 0 Å². The molecule has 0 radical (unpaired) electrons. The molecule has 0 aliphatic carbocycles. The number of amides is 2. The van der Waals surface area contributed by atoms with E-state index in [9.17, 15) is 22.4 Å². The quantitative estimate of drug-likeness (QED) is 0.499. The molecule has 0 saturated heterocycles. The van der Waals surface area contributed by atoms with Crippen molar-refractivity contribution in [2.24, 2.45) is 0 Å². The molecule has 0 aliphatic rings. The number of carbonyl (C=O) groups excluding carboxylic acids is 2. The molecule has 0 heterocycles. The minimum atomic E-state index is -3.69. The molecule has 0 fully saturated rings. The van der Waals surface area contributed by atoms with Crippen LogP contribution in [0.4, 0.5) is 10.1 Å². The van der Waals surface area contributed by atoms with Gasteiger partial charge in [-0.2, -0.15) is 11.8 Å². The van der Waals surface area contributed by atoms with Gasteiger partial charge in [0.25, 0.3) is 5.91 Å². The summed E-state index contributed by atoms with van der Waals surface area (Å²) in [5, 5.41) is 2.74. The molecule has 0 aromatic heterocycles. The number of nitrogens with one attached hydrogen (secondary N) is 1. The number of rotatable bonds is 11. The summed E-state index contributed by atoms with van der Waals surface area (Å²) in [5.74, 6) is 0.685. The molecule has 2 aromatic carbocycles.